The van der Waals surface area contributed by atoms with Crippen LogP contribution in [-0.4, -0.2) is 40.1 Å². The molecule has 0 fully saturated rings. The molecule has 7 nitrogen and oxygen atoms in total. The molecule has 8 heteroatoms. The van der Waals surface area contributed by atoms with E-state index in [0.29, 0.717) is 35.2 Å². The van der Waals surface area contributed by atoms with Gasteiger partial charge in [0.15, 0.2) is 11.5 Å². The first-order valence-corrected chi connectivity index (χ1v) is 9.17. The van der Waals surface area contributed by atoms with Crippen molar-refractivity contribution in [3.8, 4) is 23.0 Å². The van der Waals surface area contributed by atoms with Crippen LogP contribution in [0.25, 0.3) is 0 Å². The molecule has 1 N–H and O–H groups in total. The summed E-state index contributed by atoms with van der Waals surface area (Å²) < 4.78 is 22.2. The van der Waals surface area contributed by atoms with Crippen LogP contribution in [0.3, 0.4) is 0 Å². The molecule has 0 heterocycles. The third-order valence-corrected chi connectivity index (χ3v) is 4.37. The van der Waals surface area contributed by atoms with Gasteiger partial charge in [-0.25, -0.2) is 5.43 Å². The average molecular weight is 484 g/mol. The zero-order chi connectivity index (χ0) is 19.8. The molecule has 0 atom stereocenters. The predicted molar refractivity (Wildman–Crippen MR) is 111 cm³/mol. The van der Waals surface area contributed by atoms with Crippen LogP contribution in [0.2, 0.25) is 0 Å². The highest BCUT2D eigenvalue weighted by Gasteiger charge is 2.13. The summed E-state index contributed by atoms with van der Waals surface area (Å²) in [4.78, 5) is 12.4. The van der Waals surface area contributed by atoms with E-state index in [-0.39, 0.29) is 0 Å². The molecule has 0 aliphatic carbocycles. The summed E-state index contributed by atoms with van der Waals surface area (Å²) in [6.45, 7) is 2.45. The Morgan fingerprint density at radius 3 is 2.48 bits per heavy atom. The molecule has 0 radical (unpaired) electrons. The molecule has 0 bridgehead atoms. The SMILES string of the molecule is CCOc1c(I)cc(C=NNC(=O)c2ccc(OC)cc2OC)cc1OC. The number of methoxy groups -OCH3 is 3. The second-order valence-corrected chi connectivity index (χ2v) is 6.39. The summed E-state index contributed by atoms with van der Waals surface area (Å²) in [6, 6.07) is 8.61. The number of ether oxygens (including phenoxy) is 4. The molecule has 0 saturated carbocycles. The van der Waals surface area contributed by atoms with Crippen LogP contribution in [0.5, 0.6) is 23.0 Å². The Hall–Kier alpha value is -2.49. The Kier molecular flexibility index (Phi) is 7.71. The first kappa shape index (κ1) is 20.8. The van der Waals surface area contributed by atoms with Gasteiger partial charge in [0.25, 0.3) is 5.91 Å². The van der Waals surface area contributed by atoms with Gasteiger partial charge >= 0.3 is 0 Å². The van der Waals surface area contributed by atoms with E-state index < -0.39 is 5.91 Å². The molecule has 1 amide bonds. The van der Waals surface area contributed by atoms with E-state index in [9.17, 15) is 4.79 Å². The van der Waals surface area contributed by atoms with Gasteiger partial charge in [-0.15, -0.1) is 0 Å². The zero-order valence-corrected chi connectivity index (χ0v) is 17.7. The number of carbonyl (C=O) groups excluding carboxylic acids is 1. The number of nitrogens with zero attached hydrogens (tertiary/aromatic N) is 1. The summed E-state index contributed by atoms with van der Waals surface area (Å²) >= 11 is 2.17. The molecule has 0 aliphatic heterocycles. The summed E-state index contributed by atoms with van der Waals surface area (Å²) in [5.41, 5.74) is 3.61. The molecule has 2 aromatic carbocycles. The topological polar surface area (TPSA) is 78.4 Å². The average Bonchev–Trinajstić information content (AvgIpc) is 2.69. The molecule has 27 heavy (non-hydrogen) atoms. The normalized spacial score (nSPS) is 10.6. The molecule has 0 spiro atoms. The van der Waals surface area contributed by atoms with E-state index in [2.05, 4.69) is 33.1 Å². The second kappa shape index (κ2) is 10.0. The Labute approximate surface area is 171 Å². The number of rotatable bonds is 8. The number of benzene rings is 2. The second-order valence-electron chi connectivity index (χ2n) is 5.23. The van der Waals surface area contributed by atoms with Crippen LogP contribution in [-0.2, 0) is 0 Å². The molecule has 144 valence electrons. The number of carbonyl (C=O) groups is 1. The fourth-order valence-electron chi connectivity index (χ4n) is 2.31. The maximum Gasteiger partial charge on any atom is 0.275 e. The van der Waals surface area contributed by atoms with Crippen molar-refractivity contribution in [2.75, 3.05) is 27.9 Å². The van der Waals surface area contributed by atoms with Crippen LogP contribution < -0.4 is 24.4 Å². The third kappa shape index (κ3) is 5.25. The van der Waals surface area contributed by atoms with Gasteiger partial charge in [-0.3, -0.25) is 4.79 Å². The summed E-state index contributed by atoms with van der Waals surface area (Å²) in [5.74, 6) is 1.90. The van der Waals surface area contributed by atoms with Gasteiger partial charge in [-0.05, 0) is 59.3 Å². The fourth-order valence-corrected chi connectivity index (χ4v) is 3.09. The Morgan fingerprint density at radius 2 is 1.85 bits per heavy atom. The number of hydrazone groups is 1. The lowest BCUT2D eigenvalue weighted by molar-refractivity contribution is 0.0952. The van der Waals surface area contributed by atoms with Crippen LogP contribution in [0.1, 0.15) is 22.8 Å². The van der Waals surface area contributed by atoms with Gasteiger partial charge in [0.1, 0.15) is 11.5 Å². The van der Waals surface area contributed by atoms with E-state index in [1.165, 1.54) is 13.3 Å². The minimum Gasteiger partial charge on any atom is -0.497 e. The molecule has 2 aromatic rings. The number of amides is 1. The van der Waals surface area contributed by atoms with Gasteiger partial charge in [-0.2, -0.15) is 5.10 Å². The van der Waals surface area contributed by atoms with E-state index in [1.807, 2.05) is 13.0 Å². The lowest BCUT2D eigenvalue weighted by atomic mass is 10.2. The van der Waals surface area contributed by atoms with Crippen molar-refractivity contribution in [1.82, 2.24) is 5.43 Å². The molecule has 0 saturated heterocycles. The number of halogens is 1. The summed E-state index contributed by atoms with van der Waals surface area (Å²) in [7, 11) is 4.61. The highest BCUT2D eigenvalue weighted by atomic mass is 127. The van der Waals surface area contributed by atoms with Crippen molar-refractivity contribution in [2.24, 2.45) is 5.10 Å². The highest BCUT2D eigenvalue weighted by Crippen LogP contribution is 2.33. The quantitative estimate of drug-likeness (QED) is 0.353. The van der Waals surface area contributed by atoms with Crippen molar-refractivity contribution in [1.29, 1.82) is 0 Å². The smallest absolute Gasteiger partial charge is 0.275 e. The summed E-state index contributed by atoms with van der Waals surface area (Å²) in [5, 5.41) is 4.02. The molecule has 0 aromatic heterocycles. The largest absolute Gasteiger partial charge is 0.497 e. The maximum absolute atomic E-state index is 12.4. The molecule has 0 aliphatic rings. The fraction of sp³-hybridized carbons (Fsp3) is 0.263. The minimum absolute atomic E-state index is 0.356. The van der Waals surface area contributed by atoms with Gasteiger partial charge in [0.05, 0.1) is 43.3 Å². The Bertz CT molecular complexity index is 839. The number of hydrogen-bond acceptors (Lipinski definition) is 6. The van der Waals surface area contributed by atoms with E-state index >= 15 is 0 Å². The van der Waals surface area contributed by atoms with Crippen molar-refractivity contribution in [2.45, 2.75) is 6.92 Å². The standard InChI is InChI=1S/C19H21IN2O5/c1-5-27-18-15(20)8-12(9-17(18)26-4)11-21-22-19(23)14-7-6-13(24-2)10-16(14)25-3/h6-11H,5H2,1-4H3,(H,22,23). The predicted octanol–water partition coefficient (Wildman–Crippen LogP) is 3.48. The zero-order valence-electron chi connectivity index (χ0n) is 15.5. The van der Waals surface area contributed by atoms with Crippen molar-refractivity contribution in [3.63, 3.8) is 0 Å². The molecular weight excluding hydrogens is 463 g/mol. The molecular formula is C19H21IN2O5. The third-order valence-electron chi connectivity index (χ3n) is 3.57. The lowest BCUT2D eigenvalue weighted by Gasteiger charge is -2.12. The van der Waals surface area contributed by atoms with Crippen LogP contribution >= 0.6 is 22.6 Å². The van der Waals surface area contributed by atoms with Gasteiger partial charge in [-0.1, -0.05) is 0 Å². The maximum atomic E-state index is 12.4. The molecule has 2 rings (SSSR count). The number of hydrogen-bond donors (Lipinski definition) is 1. The van der Waals surface area contributed by atoms with Crippen molar-refractivity contribution in [3.05, 3.63) is 45.0 Å². The van der Waals surface area contributed by atoms with E-state index in [1.54, 1.807) is 38.5 Å². The monoisotopic (exact) mass is 484 g/mol. The van der Waals surface area contributed by atoms with Crippen LogP contribution in [0, 0.1) is 3.57 Å². The van der Waals surface area contributed by atoms with E-state index in [4.69, 9.17) is 18.9 Å². The first-order chi connectivity index (χ1) is 13.0. The van der Waals surface area contributed by atoms with Gasteiger partial charge in [0, 0.05) is 6.07 Å². The van der Waals surface area contributed by atoms with Crippen molar-refractivity contribution < 1.29 is 23.7 Å². The Morgan fingerprint density at radius 1 is 1.11 bits per heavy atom. The lowest BCUT2D eigenvalue weighted by Crippen LogP contribution is -2.18. The number of nitrogens with one attached hydrogen (secondary N) is 1. The Balaban J connectivity index is 2.15. The minimum atomic E-state index is -0.390. The van der Waals surface area contributed by atoms with Crippen LogP contribution in [0.4, 0.5) is 0 Å². The van der Waals surface area contributed by atoms with Gasteiger partial charge in [0.2, 0.25) is 0 Å². The van der Waals surface area contributed by atoms with Crippen LogP contribution in [0.15, 0.2) is 35.4 Å². The first-order valence-electron chi connectivity index (χ1n) is 8.09. The highest BCUT2D eigenvalue weighted by molar-refractivity contribution is 14.1. The van der Waals surface area contributed by atoms with Crippen molar-refractivity contribution >= 4 is 34.7 Å². The summed E-state index contributed by atoms with van der Waals surface area (Å²) in [6.07, 6.45) is 1.54. The van der Waals surface area contributed by atoms with E-state index in [0.717, 1.165) is 9.13 Å². The van der Waals surface area contributed by atoms with Gasteiger partial charge < -0.3 is 18.9 Å². The molecule has 0 unspecified atom stereocenters.